The van der Waals surface area contributed by atoms with Gasteiger partial charge in [0.15, 0.2) is 0 Å². The van der Waals surface area contributed by atoms with Gasteiger partial charge in [-0.25, -0.2) is 0 Å². The molecule has 0 bridgehead atoms. The number of hydrogen-bond acceptors (Lipinski definition) is 4. The largest absolute Gasteiger partial charge is 0.399 e. The Hall–Kier alpha value is -2.88. The Labute approximate surface area is 136 Å². The lowest BCUT2D eigenvalue weighted by atomic mass is 10.1. The highest BCUT2D eigenvalue weighted by Gasteiger charge is 2.01. The fraction of sp³-hybridized carbons (Fsp3) is 0.158. The number of aryl methyl sites for hydroxylation is 1. The number of nitrogen functional groups attached to an aromatic ring is 1. The molecule has 0 aliphatic carbocycles. The van der Waals surface area contributed by atoms with Crippen molar-refractivity contribution in [1.29, 1.82) is 0 Å². The minimum atomic E-state index is 0.729. The van der Waals surface area contributed by atoms with Crippen LogP contribution in [0.5, 0.6) is 0 Å². The van der Waals surface area contributed by atoms with Crippen LogP contribution in [0.2, 0.25) is 0 Å². The van der Waals surface area contributed by atoms with Gasteiger partial charge < -0.3 is 11.1 Å². The van der Waals surface area contributed by atoms with Crippen LogP contribution in [-0.4, -0.2) is 16.7 Å². The zero-order valence-corrected chi connectivity index (χ0v) is 12.9. The van der Waals surface area contributed by atoms with Gasteiger partial charge in [0.05, 0.1) is 5.69 Å². The van der Waals surface area contributed by atoms with E-state index in [4.69, 9.17) is 5.73 Å². The summed E-state index contributed by atoms with van der Waals surface area (Å²) in [5.41, 5.74) is 9.69. The molecule has 1 aromatic heterocycles. The second-order valence-electron chi connectivity index (χ2n) is 5.45. The third kappa shape index (κ3) is 4.30. The lowest BCUT2D eigenvalue weighted by molar-refractivity contribution is 0.853. The van der Waals surface area contributed by atoms with Crippen LogP contribution in [-0.2, 0) is 6.42 Å². The van der Waals surface area contributed by atoms with Crippen molar-refractivity contribution >= 4 is 11.5 Å². The maximum atomic E-state index is 5.79. The Kier molecular flexibility index (Phi) is 4.84. The van der Waals surface area contributed by atoms with Crippen LogP contribution >= 0.6 is 0 Å². The number of rotatable bonds is 6. The molecule has 23 heavy (non-hydrogen) atoms. The Morgan fingerprint density at radius 1 is 0.870 bits per heavy atom. The molecule has 2 aromatic carbocycles. The minimum Gasteiger partial charge on any atom is -0.399 e. The van der Waals surface area contributed by atoms with E-state index < -0.39 is 0 Å². The van der Waals surface area contributed by atoms with Crippen LogP contribution in [0.1, 0.15) is 12.0 Å². The van der Waals surface area contributed by atoms with E-state index in [-0.39, 0.29) is 0 Å². The molecule has 0 amide bonds. The summed E-state index contributed by atoms with van der Waals surface area (Å²) in [4.78, 5) is 0. The number of benzene rings is 2. The van der Waals surface area contributed by atoms with Gasteiger partial charge >= 0.3 is 0 Å². The molecular weight excluding hydrogens is 284 g/mol. The molecule has 116 valence electrons. The van der Waals surface area contributed by atoms with Crippen molar-refractivity contribution in [3.05, 3.63) is 72.3 Å². The minimum absolute atomic E-state index is 0.729. The summed E-state index contributed by atoms with van der Waals surface area (Å²) in [6.45, 7) is 0.876. The first kappa shape index (κ1) is 15.0. The average molecular weight is 304 g/mol. The zero-order chi connectivity index (χ0) is 15.9. The maximum absolute atomic E-state index is 5.79. The van der Waals surface area contributed by atoms with Gasteiger partial charge in [-0.1, -0.05) is 42.5 Å². The number of hydrogen-bond donors (Lipinski definition) is 2. The summed E-state index contributed by atoms with van der Waals surface area (Å²) in [7, 11) is 0. The Morgan fingerprint density at radius 2 is 1.74 bits per heavy atom. The summed E-state index contributed by atoms with van der Waals surface area (Å²) < 4.78 is 0. The summed E-state index contributed by atoms with van der Waals surface area (Å²) >= 11 is 0. The van der Waals surface area contributed by atoms with Crippen LogP contribution in [0.15, 0.2) is 66.7 Å². The number of aromatic nitrogens is 2. The lowest BCUT2D eigenvalue weighted by Gasteiger charge is -2.06. The Morgan fingerprint density at radius 3 is 2.48 bits per heavy atom. The fourth-order valence-corrected chi connectivity index (χ4v) is 2.43. The molecule has 0 saturated carbocycles. The molecule has 0 atom stereocenters. The summed E-state index contributed by atoms with van der Waals surface area (Å²) in [5, 5.41) is 11.8. The van der Waals surface area contributed by atoms with Crippen molar-refractivity contribution in [2.75, 3.05) is 17.6 Å². The van der Waals surface area contributed by atoms with Gasteiger partial charge in [0, 0.05) is 17.8 Å². The first-order valence-corrected chi connectivity index (χ1v) is 7.79. The fourth-order valence-electron chi connectivity index (χ4n) is 2.43. The SMILES string of the molecule is Nc1cccc(-c2ccc(NCCCc3ccccc3)nn2)c1. The second-order valence-corrected chi connectivity index (χ2v) is 5.45. The van der Waals surface area contributed by atoms with Crippen molar-refractivity contribution < 1.29 is 0 Å². The monoisotopic (exact) mass is 304 g/mol. The molecule has 3 aromatic rings. The van der Waals surface area contributed by atoms with E-state index in [1.54, 1.807) is 0 Å². The highest BCUT2D eigenvalue weighted by atomic mass is 15.2. The van der Waals surface area contributed by atoms with Crippen molar-refractivity contribution in [1.82, 2.24) is 10.2 Å². The highest BCUT2D eigenvalue weighted by molar-refractivity contribution is 5.64. The Bertz CT molecular complexity index is 739. The first-order chi connectivity index (χ1) is 11.3. The summed E-state index contributed by atoms with van der Waals surface area (Å²) in [5.74, 6) is 0.797. The molecule has 0 saturated heterocycles. The quantitative estimate of drug-likeness (QED) is 0.537. The van der Waals surface area contributed by atoms with Gasteiger partial charge in [0.25, 0.3) is 0 Å². The second kappa shape index (κ2) is 7.40. The predicted molar refractivity (Wildman–Crippen MR) is 95.1 cm³/mol. The first-order valence-electron chi connectivity index (χ1n) is 7.79. The van der Waals surface area contributed by atoms with E-state index in [0.29, 0.717) is 0 Å². The third-order valence-corrected chi connectivity index (χ3v) is 3.64. The molecule has 3 rings (SSSR count). The van der Waals surface area contributed by atoms with Gasteiger partial charge in [-0.2, -0.15) is 0 Å². The molecular formula is C19H20N4. The number of nitrogens with zero attached hydrogens (tertiary/aromatic N) is 2. The molecule has 4 heteroatoms. The topological polar surface area (TPSA) is 63.8 Å². The van der Waals surface area contributed by atoms with Gasteiger partial charge in [0.1, 0.15) is 5.82 Å². The average Bonchev–Trinajstić information content (AvgIpc) is 2.60. The van der Waals surface area contributed by atoms with Gasteiger partial charge in [-0.05, 0) is 42.7 Å². The van der Waals surface area contributed by atoms with E-state index in [0.717, 1.165) is 42.1 Å². The molecule has 0 radical (unpaired) electrons. The summed E-state index contributed by atoms with van der Waals surface area (Å²) in [6, 6.07) is 22.1. The van der Waals surface area contributed by atoms with Crippen molar-refractivity contribution in [3.63, 3.8) is 0 Å². The van der Waals surface area contributed by atoms with E-state index >= 15 is 0 Å². The van der Waals surface area contributed by atoms with Crippen LogP contribution in [0.3, 0.4) is 0 Å². The van der Waals surface area contributed by atoms with Gasteiger partial charge in [-0.3, -0.25) is 0 Å². The van der Waals surface area contributed by atoms with Crippen LogP contribution in [0, 0.1) is 0 Å². The molecule has 4 nitrogen and oxygen atoms in total. The van der Waals surface area contributed by atoms with E-state index in [9.17, 15) is 0 Å². The highest BCUT2D eigenvalue weighted by Crippen LogP contribution is 2.19. The number of nitrogens with two attached hydrogens (primary N) is 1. The van der Waals surface area contributed by atoms with Crippen LogP contribution in [0.25, 0.3) is 11.3 Å². The van der Waals surface area contributed by atoms with Crippen LogP contribution < -0.4 is 11.1 Å². The Balaban J connectivity index is 1.52. The molecule has 0 aliphatic heterocycles. The van der Waals surface area contributed by atoms with Crippen molar-refractivity contribution in [3.8, 4) is 11.3 Å². The van der Waals surface area contributed by atoms with E-state index in [2.05, 4.69) is 39.8 Å². The molecule has 0 fully saturated rings. The summed E-state index contributed by atoms with van der Waals surface area (Å²) in [6.07, 6.45) is 2.12. The number of nitrogens with one attached hydrogen (secondary N) is 1. The third-order valence-electron chi connectivity index (χ3n) is 3.64. The predicted octanol–water partition coefficient (Wildman–Crippen LogP) is 3.77. The normalized spacial score (nSPS) is 10.4. The zero-order valence-electron chi connectivity index (χ0n) is 12.9. The van der Waals surface area contributed by atoms with Crippen LogP contribution in [0.4, 0.5) is 11.5 Å². The maximum Gasteiger partial charge on any atom is 0.148 e. The van der Waals surface area contributed by atoms with E-state index in [1.807, 2.05) is 42.5 Å². The standard InChI is InChI=1S/C19H20N4/c20-17-10-4-9-16(14-17)18-11-12-19(23-22-18)21-13-5-8-15-6-2-1-3-7-15/h1-4,6-7,9-12,14H,5,8,13,20H2,(H,21,23). The smallest absolute Gasteiger partial charge is 0.148 e. The molecule has 1 heterocycles. The molecule has 0 spiro atoms. The lowest BCUT2D eigenvalue weighted by Crippen LogP contribution is -2.05. The van der Waals surface area contributed by atoms with Gasteiger partial charge in [0.2, 0.25) is 0 Å². The molecule has 0 aliphatic rings. The van der Waals surface area contributed by atoms with Gasteiger partial charge in [-0.15, -0.1) is 10.2 Å². The molecule has 3 N–H and O–H groups in total. The van der Waals surface area contributed by atoms with E-state index in [1.165, 1.54) is 5.56 Å². The number of anilines is 2. The van der Waals surface area contributed by atoms with Crippen molar-refractivity contribution in [2.45, 2.75) is 12.8 Å². The van der Waals surface area contributed by atoms with Crippen molar-refractivity contribution in [2.24, 2.45) is 0 Å². The molecule has 0 unspecified atom stereocenters.